The fraction of sp³-hybridized carbons (Fsp3) is 0.182. The van der Waals surface area contributed by atoms with E-state index in [1.807, 2.05) is 6.07 Å². The fourth-order valence-electron chi connectivity index (χ4n) is 0.900. The van der Waals surface area contributed by atoms with Crippen molar-refractivity contribution in [3.63, 3.8) is 0 Å². The van der Waals surface area contributed by atoms with E-state index in [1.165, 1.54) is 6.07 Å². The summed E-state index contributed by atoms with van der Waals surface area (Å²) in [4.78, 5) is 10.8. The quantitative estimate of drug-likeness (QED) is 0.467. The van der Waals surface area contributed by atoms with Crippen LogP contribution >= 0.6 is 0 Å². The first-order valence-electron chi connectivity index (χ1n) is 3.77. The molecule has 0 bridgehead atoms. The molecule has 0 spiro atoms. The van der Waals surface area contributed by atoms with Crippen molar-refractivity contribution in [3.8, 4) is 12.3 Å². The van der Waals surface area contributed by atoms with Crippen LogP contribution in [0.25, 0.3) is 0 Å². The van der Waals surface area contributed by atoms with E-state index in [-0.39, 0.29) is 69.1 Å². The number of aryl methyl sites for hydroxylation is 1. The zero-order valence-electron chi connectivity index (χ0n) is 8.16. The van der Waals surface area contributed by atoms with Crippen molar-refractivity contribution in [2.45, 2.75) is 12.8 Å². The summed E-state index contributed by atoms with van der Waals surface area (Å²) in [5.41, 5.74) is 0.980. The Morgan fingerprint density at radius 2 is 2.07 bits per heavy atom. The maximum Gasteiger partial charge on any atom is 1.00 e. The van der Waals surface area contributed by atoms with Crippen molar-refractivity contribution in [2.24, 2.45) is 0 Å². The van der Waals surface area contributed by atoms with Crippen molar-refractivity contribution in [3.05, 3.63) is 46.1 Å². The minimum Gasteiger partial charge on any atom is -0.870 e. The molecule has 68 valence electrons. The molecule has 0 saturated heterocycles. The van der Waals surface area contributed by atoms with Crippen molar-refractivity contribution in [1.82, 2.24) is 0 Å². The Kier molecular flexibility index (Phi) is 11.6. The van der Waals surface area contributed by atoms with Crippen LogP contribution in [0, 0.1) is 18.4 Å². The van der Waals surface area contributed by atoms with Gasteiger partial charge in [0.1, 0.15) is 0 Å². The van der Waals surface area contributed by atoms with Crippen LogP contribution in [0.5, 0.6) is 0 Å². The second-order valence-corrected chi connectivity index (χ2v) is 2.45. The maximum atomic E-state index is 10.8. The Morgan fingerprint density at radius 1 is 1.36 bits per heavy atom. The summed E-state index contributed by atoms with van der Waals surface area (Å²) >= 11 is 0. The van der Waals surface area contributed by atoms with Gasteiger partial charge in [0.2, 0.25) is 0 Å². The van der Waals surface area contributed by atoms with E-state index in [4.69, 9.17) is 6.42 Å². The van der Waals surface area contributed by atoms with E-state index in [1.54, 1.807) is 12.1 Å². The molecule has 0 heterocycles. The summed E-state index contributed by atoms with van der Waals surface area (Å²) in [6, 6.07) is 9.36. The molecule has 2 nitrogen and oxygen atoms in total. The van der Waals surface area contributed by atoms with E-state index in [0.717, 1.165) is 12.0 Å². The van der Waals surface area contributed by atoms with Gasteiger partial charge in [0.25, 0.3) is 0 Å². The summed E-state index contributed by atoms with van der Waals surface area (Å²) in [5.74, 6) is 2.55. The van der Waals surface area contributed by atoms with Crippen LogP contribution in [0.2, 0.25) is 0 Å². The molecule has 0 fully saturated rings. The Labute approximate surface area is 133 Å². The largest absolute Gasteiger partial charge is 1.00 e. The summed E-state index contributed by atoms with van der Waals surface area (Å²) in [7, 11) is 0. The molecule has 0 aliphatic carbocycles. The predicted molar refractivity (Wildman–Crippen MR) is 50.6 cm³/mol. The van der Waals surface area contributed by atoms with Crippen LogP contribution in [0.3, 0.4) is 0 Å². The number of hydrogen-bond acceptors (Lipinski definition) is 2. The van der Waals surface area contributed by atoms with Crippen LogP contribution in [-0.2, 0) is 6.42 Å². The number of rotatable bonds is 2. The van der Waals surface area contributed by atoms with E-state index in [9.17, 15) is 4.79 Å². The average Bonchev–Trinajstić information content (AvgIpc) is 2.27. The van der Waals surface area contributed by atoms with Crippen molar-refractivity contribution < 1.29 is 63.7 Å². The molecule has 0 radical (unpaired) electrons. The van der Waals surface area contributed by atoms with Crippen molar-refractivity contribution in [1.29, 1.82) is 0 Å². The molecule has 14 heavy (non-hydrogen) atoms. The van der Waals surface area contributed by atoms with E-state index < -0.39 is 0 Å². The monoisotopic (exact) mass is 259 g/mol. The third-order valence-electron chi connectivity index (χ3n) is 1.53. The van der Waals surface area contributed by atoms with Crippen molar-refractivity contribution in [2.75, 3.05) is 0 Å². The molecule has 0 amide bonds. The third-order valence-corrected chi connectivity index (χ3v) is 1.53. The first-order valence-corrected chi connectivity index (χ1v) is 3.77. The second-order valence-electron chi connectivity index (χ2n) is 2.45. The predicted octanol–water partition coefficient (Wildman–Crippen LogP) is -1.76. The van der Waals surface area contributed by atoms with Gasteiger partial charge < -0.3 is 10.3 Å². The average molecular weight is 260 g/mol. The standard InChI is InChI=1S/C11H9O.H2O.Rb/c1-2-3-5-10-6-4-7-11(12)9-8-10;;/h1,4,6,8-9H,3,5H2;1H2;/q-1;;+1/p-1. The molecule has 1 rings (SSSR count). The van der Waals surface area contributed by atoms with Gasteiger partial charge in [-0.3, -0.25) is 0 Å². The Hall–Kier alpha value is 0.215. The third kappa shape index (κ3) is 6.64. The van der Waals surface area contributed by atoms with Crippen LogP contribution in [0.4, 0.5) is 0 Å². The van der Waals surface area contributed by atoms with Gasteiger partial charge in [-0.2, -0.15) is 12.1 Å². The molecular formula is C11H10O2Rb-. The molecule has 0 saturated carbocycles. The van der Waals surface area contributed by atoms with Gasteiger partial charge in [0.05, 0.1) is 5.43 Å². The van der Waals surface area contributed by atoms with Gasteiger partial charge in [-0.15, -0.1) is 36.1 Å². The van der Waals surface area contributed by atoms with Gasteiger partial charge in [-0.1, -0.05) is 0 Å². The Bertz CT molecular complexity index is 355. The molecule has 0 atom stereocenters. The first kappa shape index (κ1) is 16.6. The topological polar surface area (TPSA) is 47.1 Å². The van der Waals surface area contributed by atoms with Gasteiger partial charge >= 0.3 is 58.2 Å². The second kappa shape index (κ2) is 9.76. The molecule has 0 unspecified atom stereocenters. The molecule has 0 aliphatic heterocycles. The molecule has 1 aromatic carbocycles. The number of hydrogen-bond donors (Lipinski definition) is 0. The Morgan fingerprint density at radius 3 is 2.71 bits per heavy atom. The summed E-state index contributed by atoms with van der Waals surface area (Å²) in [6.45, 7) is 0. The minimum absolute atomic E-state index is 0. The summed E-state index contributed by atoms with van der Waals surface area (Å²) in [5, 5.41) is 0. The van der Waals surface area contributed by atoms with E-state index in [2.05, 4.69) is 12.0 Å². The molecular weight excluding hydrogens is 250 g/mol. The Balaban J connectivity index is 0. The summed E-state index contributed by atoms with van der Waals surface area (Å²) in [6.07, 6.45) is 6.64. The van der Waals surface area contributed by atoms with Gasteiger partial charge in [-0.25, -0.2) is 0 Å². The van der Waals surface area contributed by atoms with Crippen molar-refractivity contribution >= 4 is 0 Å². The number of terminal acetylenes is 1. The molecule has 1 N–H and O–H groups in total. The normalized spacial score (nSPS) is 7.64. The zero-order valence-corrected chi connectivity index (χ0v) is 13.1. The minimum atomic E-state index is -0.0954. The van der Waals surface area contributed by atoms with Crippen LogP contribution in [0.15, 0.2) is 29.1 Å². The summed E-state index contributed by atoms with van der Waals surface area (Å²) < 4.78 is 0. The van der Waals surface area contributed by atoms with Crippen LogP contribution in [-0.4, -0.2) is 5.48 Å². The van der Waals surface area contributed by atoms with Gasteiger partial charge in [-0.05, 0) is 6.42 Å². The van der Waals surface area contributed by atoms with Gasteiger partial charge in [0.15, 0.2) is 0 Å². The molecule has 0 aromatic heterocycles. The van der Waals surface area contributed by atoms with Crippen LogP contribution in [0.1, 0.15) is 12.0 Å². The first-order chi connectivity index (χ1) is 5.83. The fourth-order valence-corrected chi connectivity index (χ4v) is 0.900. The van der Waals surface area contributed by atoms with E-state index in [0.29, 0.717) is 6.42 Å². The smallest absolute Gasteiger partial charge is 0.870 e. The van der Waals surface area contributed by atoms with Gasteiger partial charge in [0, 0.05) is 6.42 Å². The molecule has 3 heteroatoms. The maximum absolute atomic E-state index is 10.8. The van der Waals surface area contributed by atoms with Crippen LogP contribution < -0.4 is 63.6 Å². The zero-order chi connectivity index (χ0) is 8.81. The SMILES string of the molecule is C#CCCc1cc[c-]c(=O)cc1.[OH-].[Rb+]. The molecule has 1 aromatic rings. The van der Waals surface area contributed by atoms with E-state index >= 15 is 0 Å². The molecule has 0 aliphatic rings.